The number of rotatable bonds is 10. The molecule has 166 valence electrons. The molecule has 0 aliphatic carbocycles. The molecule has 2 heteroatoms. The van der Waals surface area contributed by atoms with E-state index in [1.165, 1.54) is 22.3 Å². The first-order valence-corrected chi connectivity index (χ1v) is 11.1. The van der Waals surface area contributed by atoms with Crippen LogP contribution in [0.4, 0.5) is 0 Å². The summed E-state index contributed by atoms with van der Waals surface area (Å²) in [6.07, 6.45) is 3.51. The minimum absolute atomic E-state index is 0.133. The van der Waals surface area contributed by atoms with Gasteiger partial charge in [-0.2, -0.15) is 0 Å². The van der Waals surface area contributed by atoms with Crippen LogP contribution in [0.2, 0.25) is 0 Å². The zero-order valence-corrected chi connectivity index (χ0v) is 19.7. The van der Waals surface area contributed by atoms with E-state index in [-0.39, 0.29) is 10.8 Å². The van der Waals surface area contributed by atoms with Crippen LogP contribution in [0.25, 0.3) is 0 Å². The van der Waals surface area contributed by atoms with Crippen LogP contribution < -0.4 is 9.47 Å². The molecule has 0 heterocycles. The summed E-state index contributed by atoms with van der Waals surface area (Å²) in [7, 11) is 0. The second kappa shape index (κ2) is 9.91. The summed E-state index contributed by atoms with van der Waals surface area (Å²) in [5, 5.41) is 0. The normalized spacial score (nSPS) is 11.6. The molecule has 0 aromatic heterocycles. The fraction of sp³-hybridized carbons (Fsp3) is 0.267. The maximum Gasteiger partial charge on any atom is 0.119 e. The van der Waals surface area contributed by atoms with Gasteiger partial charge in [0.25, 0.3) is 0 Å². The molecule has 3 aromatic rings. The van der Waals surface area contributed by atoms with Gasteiger partial charge < -0.3 is 9.47 Å². The van der Waals surface area contributed by atoms with Crippen LogP contribution >= 0.6 is 0 Å². The van der Waals surface area contributed by atoms with Gasteiger partial charge in [0.15, 0.2) is 0 Å². The molecule has 3 aromatic carbocycles. The molecular weight excluding hydrogens is 392 g/mol. The van der Waals surface area contributed by atoms with Crippen molar-refractivity contribution in [2.75, 3.05) is 13.2 Å². The number of ether oxygens (including phenoxy) is 2. The van der Waals surface area contributed by atoms with Gasteiger partial charge in [-0.25, -0.2) is 0 Å². The highest BCUT2D eigenvalue weighted by atomic mass is 16.5. The van der Waals surface area contributed by atoms with E-state index in [1.54, 1.807) is 12.2 Å². The second-order valence-corrected chi connectivity index (χ2v) is 9.08. The monoisotopic (exact) mass is 426 g/mol. The molecule has 0 unspecified atom stereocenters. The molecule has 0 radical (unpaired) electrons. The number of hydrogen-bond acceptors (Lipinski definition) is 2. The maximum absolute atomic E-state index is 5.64. The summed E-state index contributed by atoms with van der Waals surface area (Å²) in [6.45, 7) is 17.5. The third kappa shape index (κ3) is 5.13. The topological polar surface area (TPSA) is 18.5 Å². The molecule has 0 spiro atoms. The molecule has 0 N–H and O–H groups in total. The Hall–Kier alpha value is -3.26. The molecule has 0 fully saturated rings. The highest BCUT2D eigenvalue weighted by Crippen LogP contribution is 2.37. The summed E-state index contributed by atoms with van der Waals surface area (Å²) in [5.74, 6) is 1.72. The molecule has 0 bridgehead atoms. The van der Waals surface area contributed by atoms with Crippen molar-refractivity contribution in [1.82, 2.24) is 0 Å². The second-order valence-electron chi connectivity index (χ2n) is 9.08. The molecule has 0 saturated carbocycles. The van der Waals surface area contributed by atoms with E-state index >= 15 is 0 Å². The first-order chi connectivity index (χ1) is 15.3. The Morgan fingerprint density at radius 1 is 0.594 bits per heavy atom. The van der Waals surface area contributed by atoms with E-state index in [0.717, 1.165) is 11.5 Å². The zero-order chi connectivity index (χ0) is 23.2. The van der Waals surface area contributed by atoms with E-state index in [0.29, 0.717) is 13.2 Å². The number of hydrogen-bond donors (Lipinski definition) is 0. The van der Waals surface area contributed by atoms with Crippen molar-refractivity contribution in [2.45, 2.75) is 38.5 Å². The van der Waals surface area contributed by atoms with Gasteiger partial charge in [-0.1, -0.05) is 102 Å². The Kier molecular flexibility index (Phi) is 7.25. The van der Waals surface area contributed by atoms with Gasteiger partial charge in [0.2, 0.25) is 0 Å². The summed E-state index contributed by atoms with van der Waals surface area (Å²) >= 11 is 0. The Balaban J connectivity index is 1.87. The van der Waals surface area contributed by atoms with Crippen molar-refractivity contribution >= 4 is 0 Å². The average Bonchev–Trinajstić information content (AvgIpc) is 2.82. The predicted molar refractivity (Wildman–Crippen MR) is 135 cm³/mol. The van der Waals surface area contributed by atoms with Crippen LogP contribution in [0, 0.1) is 0 Å². The van der Waals surface area contributed by atoms with Gasteiger partial charge in [-0.05, 0) is 46.5 Å². The van der Waals surface area contributed by atoms with Crippen LogP contribution in [0.1, 0.15) is 49.9 Å². The van der Waals surface area contributed by atoms with Crippen molar-refractivity contribution in [2.24, 2.45) is 0 Å². The summed E-state index contributed by atoms with van der Waals surface area (Å²) in [6, 6.07) is 25.7. The molecule has 0 aliphatic rings. The quantitative estimate of drug-likeness (QED) is 0.313. The van der Waals surface area contributed by atoms with E-state index in [9.17, 15) is 0 Å². The first-order valence-electron chi connectivity index (χ1n) is 11.1. The summed E-state index contributed by atoms with van der Waals surface area (Å²) in [5.41, 5.74) is 4.81. The molecular formula is C30H34O2. The highest BCUT2D eigenvalue weighted by molar-refractivity contribution is 5.46. The minimum atomic E-state index is -0.133. The van der Waals surface area contributed by atoms with E-state index in [1.807, 2.05) is 24.3 Å². The van der Waals surface area contributed by atoms with Crippen molar-refractivity contribution in [3.05, 3.63) is 120 Å². The molecule has 3 rings (SSSR count). The smallest absolute Gasteiger partial charge is 0.119 e. The van der Waals surface area contributed by atoms with Crippen LogP contribution in [-0.4, -0.2) is 13.2 Å². The largest absolute Gasteiger partial charge is 0.490 e. The van der Waals surface area contributed by atoms with Gasteiger partial charge in [-0.3, -0.25) is 0 Å². The van der Waals surface area contributed by atoms with Gasteiger partial charge >= 0.3 is 0 Å². The third-order valence-electron chi connectivity index (χ3n) is 6.19. The van der Waals surface area contributed by atoms with Gasteiger partial charge in [0.05, 0.1) is 0 Å². The van der Waals surface area contributed by atoms with Crippen molar-refractivity contribution in [3.63, 3.8) is 0 Å². The van der Waals surface area contributed by atoms with Crippen LogP contribution in [-0.2, 0) is 10.8 Å². The van der Waals surface area contributed by atoms with E-state index in [4.69, 9.17) is 9.47 Å². The fourth-order valence-electron chi connectivity index (χ4n) is 3.88. The fourth-order valence-corrected chi connectivity index (χ4v) is 3.88. The van der Waals surface area contributed by atoms with Crippen molar-refractivity contribution < 1.29 is 9.47 Å². The lowest BCUT2D eigenvalue weighted by molar-refractivity contribution is 0.363. The molecule has 0 amide bonds. The minimum Gasteiger partial charge on any atom is -0.490 e. The SMILES string of the molecule is C=CCOc1ccc(C(C)(C)c2cccc(C(C)(C)c3ccc(OCC=C)cc3)c2)cc1. The van der Waals surface area contributed by atoms with Crippen LogP contribution in [0.15, 0.2) is 98.1 Å². The van der Waals surface area contributed by atoms with E-state index < -0.39 is 0 Å². The first kappa shape index (κ1) is 23.4. The lowest BCUT2D eigenvalue weighted by Crippen LogP contribution is -2.23. The van der Waals surface area contributed by atoms with E-state index in [2.05, 4.69) is 89.4 Å². The molecule has 0 saturated heterocycles. The van der Waals surface area contributed by atoms with Crippen LogP contribution in [0.5, 0.6) is 11.5 Å². The standard InChI is InChI=1S/C30H34O2/c1-7-20-31-27-16-12-23(13-17-27)29(3,4)25-10-9-11-26(22-25)30(5,6)24-14-18-28(19-15-24)32-21-8-2/h7-19,22H,1-2,20-21H2,3-6H3. The lowest BCUT2D eigenvalue weighted by Gasteiger charge is -2.31. The van der Waals surface area contributed by atoms with Crippen molar-refractivity contribution in [1.29, 1.82) is 0 Å². The average molecular weight is 427 g/mol. The molecule has 0 aliphatic heterocycles. The molecule has 2 nitrogen and oxygen atoms in total. The summed E-state index contributed by atoms with van der Waals surface area (Å²) < 4.78 is 11.3. The third-order valence-corrected chi connectivity index (χ3v) is 6.19. The summed E-state index contributed by atoms with van der Waals surface area (Å²) in [4.78, 5) is 0. The van der Waals surface area contributed by atoms with Crippen LogP contribution in [0.3, 0.4) is 0 Å². The Bertz CT molecular complexity index is 958. The Morgan fingerprint density at radius 2 is 0.969 bits per heavy atom. The van der Waals surface area contributed by atoms with Gasteiger partial charge in [0.1, 0.15) is 24.7 Å². The van der Waals surface area contributed by atoms with Gasteiger partial charge in [-0.15, -0.1) is 0 Å². The zero-order valence-electron chi connectivity index (χ0n) is 19.7. The Morgan fingerprint density at radius 3 is 1.31 bits per heavy atom. The van der Waals surface area contributed by atoms with Gasteiger partial charge in [0, 0.05) is 10.8 Å². The highest BCUT2D eigenvalue weighted by Gasteiger charge is 2.27. The molecule has 0 atom stereocenters. The lowest BCUT2D eigenvalue weighted by atomic mass is 9.73. The predicted octanol–water partition coefficient (Wildman–Crippen LogP) is 7.47. The molecule has 32 heavy (non-hydrogen) atoms. The van der Waals surface area contributed by atoms with Crippen molar-refractivity contribution in [3.8, 4) is 11.5 Å². The number of benzene rings is 3. The maximum atomic E-state index is 5.64. The Labute approximate surface area is 193 Å².